The van der Waals surface area contributed by atoms with E-state index < -0.39 is 0 Å². The zero-order chi connectivity index (χ0) is 7.82. The molecule has 0 N–H and O–H groups in total. The first-order chi connectivity index (χ1) is 4.85. The Labute approximate surface area is 69.1 Å². The van der Waals surface area contributed by atoms with Crippen LogP contribution in [0.2, 0.25) is 0 Å². The molecule has 0 bridgehead atoms. The van der Waals surface area contributed by atoms with Crippen LogP contribution in [0.4, 0.5) is 0 Å². The average Bonchev–Trinajstić information content (AvgIpc) is 1.99. The summed E-state index contributed by atoms with van der Waals surface area (Å²) < 4.78 is 0. The summed E-state index contributed by atoms with van der Waals surface area (Å²) in [4.78, 5) is 1.54. The standard InChI is InChI=1S/C9H18S/c1-4-7-8-10-9(5-2)6-3/h5H,4,6-8H2,1-3H3. The topological polar surface area (TPSA) is 0 Å². The molecule has 0 aromatic rings. The van der Waals surface area contributed by atoms with Gasteiger partial charge in [0, 0.05) is 0 Å². The van der Waals surface area contributed by atoms with Crippen molar-refractivity contribution in [1.82, 2.24) is 0 Å². The predicted octanol–water partition coefficient (Wildman–Crippen LogP) is 3.83. The van der Waals surface area contributed by atoms with Gasteiger partial charge in [0.05, 0.1) is 0 Å². The highest BCUT2D eigenvalue weighted by Gasteiger charge is 1.91. The molecule has 0 nitrogen and oxygen atoms in total. The second-order valence-electron chi connectivity index (χ2n) is 2.31. The van der Waals surface area contributed by atoms with Gasteiger partial charge in [-0.05, 0) is 30.4 Å². The minimum absolute atomic E-state index is 1.20. The van der Waals surface area contributed by atoms with Crippen molar-refractivity contribution in [3.63, 3.8) is 0 Å². The van der Waals surface area contributed by atoms with Crippen LogP contribution in [0.25, 0.3) is 0 Å². The van der Waals surface area contributed by atoms with E-state index in [0.717, 1.165) is 0 Å². The van der Waals surface area contributed by atoms with Gasteiger partial charge in [0.1, 0.15) is 0 Å². The number of unbranched alkanes of at least 4 members (excludes halogenated alkanes) is 1. The van der Waals surface area contributed by atoms with Gasteiger partial charge >= 0.3 is 0 Å². The second-order valence-corrected chi connectivity index (χ2v) is 3.53. The van der Waals surface area contributed by atoms with Gasteiger partial charge in [0.25, 0.3) is 0 Å². The van der Waals surface area contributed by atoms with Gasteiger partial charge in [0.2, 0.25) is 0 Å². The van der Waals surface area contributed by atoms with E-state index in [1.807, 2.05) is 11.8 Å². The molecular weight excluding hydrogens is 140 g/mol. The molecule has 0 aromatic carbocycles. The highest BCUT2D eigenvalue weighted by Crippen LogP contribution is 2.19. The molecule has 0 saturated carbocycles. The summed E-state index contributed by atoms with van der Waals surface area (Å²) in [6, 6.07) is 0. The van der Waals surface area contributed by atoms with Gasteiger partial charge in [0.15, 0.2) is 0 Å². The summed E-state index contributed by atoms with van der Waals surface area (Å²) in [6.07, 6.45) is 6.08. The Kier molecular flexibility index (Phi) is 7.26. The highest BCUT2D eigenvalue weighted by molar-refractivity contribution is 8.03. The van der Waals surface area contributed by atoms with Crippen molar-refractivity contribution >= 4 is 11.8 Å². The van der Waals surface area contributed by atoms with Crippen LogP contribution in [0.3, 0.4) is 0 Å². The van der Waals surface area contributed by atoms with Crippen molar-refractivity contribution < 1.29 is 0 Å². The number of thioether (sulfide) groups is 1. The molecule has 0 radical (unpaired) electrons. The fraction of sp³-hybridized carbons (Fsp3) is 0.778. The Hall–Kier alpha value is 0.0900. The molecule has 0 spiro atoms. The van der Waals surface area contributed by atoms with Crippen molar-refractivity contribution in [2.75, 3.05) is 5.75 Å². The summed E-state index contributed by atoms with van der Waals surface area (Å²) >= 11 is 2.01. The van der Waals surface area contributed by atoms with Crippen LogP contribution in [0, 0.1) is 0 Å². The number of hydrogen-bond donors (Lipinski definition) is 0. The minimum atomic E-state index is 1.20. The second kappa shape index (κ2) is 7.20. The van der Waals surface area contributed by atoms with Gasteiger partial charge in [-0.2, -0.15) is 0 Å². The lowest BCUT2D eigenvalue weighted by Crippen LogP contribution is -1.79. The van der Waals surface area contributed by atoms with E-state index in [-0.39, 0.29) is 0 Å². The summed E-state index contributed by atoms with van der Waals surface area (Å²) in [5.74, 6) is 1.30. The van der Waals surface area contributed by atoms with Crippen LogP contribution in [0.1, 0.15) is 40.0 Å². The van der Waals surface area contributed by atoms with Crippen molar-refractivity contribution in [2.45, 2.75) is 40.0 Å². The third kappa shape index (κ3) is 4.92. The van der Waals surface area contributed by atoms with Crippen molar-refractivity contribution in [3.8, 4) is 0 Å². The van der Waals surface area contributed by atoms with Crippen LogP contribution in [0.5, 0.6) is 0 Å². The molecule has 0 atom stereocenters. The SMILES string of the molecule is CC=C(CC)SCCCC. The fourth-order valence-electron chi connectivity index (χ4n) is 0.737. The highest BCUT2D eigenvalue weighted by atomic mass is 32.2. The zero-order valence-corrected chi connectivity index (χ0v) is 8.13. The molecule has 0 aliphatic rings. The van der Waals surface area contributed by atoms with E-state index >= 15 is 0 Å². The molecule has 0 aliphatic carbocycles. The monoisotopic (exact) mass is 158 g/mol. The lowest BCUT2D eigenvalue weighted by Gasteiger charge is -2.00. The zero-order valence-electron chi connectivity index (χ0n) is 7.31. The molecule has 0 amide bonds. The maximum atomic E-state index is 2.24. The molecule has 1 heteroatoms. The average molecular weight is 158 g/mol. The first kappa shape index (κ1) is 10.1. The normalized spacial score (nSPS) is 12.1. The Balaban J connectivity index is 3.27. The lowest BCUT2D eigenvalue weighted by atomic mass is 10.4. The van der Waals surface area contributed by atoms with Crippen molar-refractivity contribution in [2.24, 2.45) is 0 Å². The number of hydrogen-bond acceptors (Lipinski definition) is 1. The van der Waals surface area contributed by atoms with Gasteiger partial charge < -0.3 is 0 Å². The molecule has 0 saturated heterocycles. The van der Waals surface area contributed by atoms with Gasteiger partial charge in [-0.15, -0.1) is 11.8 Å². The van der Waals surface area contributed by atoms with E-state index in [2.05, 4.69) is 26.8 Å². The molecule has 0 aromatic heterocycles. The van der Waals surface area contributed by atoms with Crippen molar-refractivity contribution in [1.29, 1.82) is 0 Å². The minimum Gasteiger partial charge on any atom is -0.131 e. The lowest BCUT2D eigenvalue weighted by molar-refractivity contribution is 0.896. The number of allylic oxidation sites excluding steroid dienone is 2. The maximum Gasteiger partial charge on any atom is -0.00235 e. The first-order valence-corrected chi connectivity index (χ1v) is 5.11. The Morgan fingerprint density at radius 1 is 1.40 bits per heavy atom. The van der Waals surface area contributed by atoms with Crippen LogP contribution in [-0.4, -0.2) is 5.75 Å². The summed E-state index contributed by atoms with van der Waals surface area (Å²) in [5, 5.41) is 0. The fourth-order valence-corrected chi connectivity index (χ4v) is 1.80. The van der Waals surface area contributed by atoms with Gasteiger partial charge in [-0.3, -0.25) is 0 Å². The van der Waals surface area contributed by atoms with Crippen molar-refractivity contribution in [3.05, 3.63) is 11.0 Å². The molecule has 0 aliphatic heterocycles. The third-order valence-corrected chi connectivity index (χ3v) is 2.84. The van der Waals surface area contributed by atoms with Crippen LogP contribution >= 0.6 is 11.8 Å². The summed E-state index contributed by atoms with van der Waals surface area (Å²) in [6.45, 7) is 6.58. The molecular formula is C9H18S. The number of rotatable bonds is 5. The molecule has 60 valence electrons. The van der Waals surface area contributed by atoms with E-state index in [4.69, 9.17) is 0 Å². The molecule has 0 fully saturated rings. The van der Waals surface area contributed by atoms with E-state index in [1.54, 1.807) is 0 Å². The van der Waals surface area contributed by atoms with E-state index in [0.29, 0.717) is 0 Å². The maximum absolute atomic E-state index is 2.24. The Morgan fingerprint density at radius 2 is 2.10 bits per heavy atom. The summed E-state index contributed by atoms with van der Waals surface area (Å²) in [7, 11) is 0. The van der Waals surface area contributed by atoms with Crippen LogP contribution in [0.15, 0.2) is 11.0 Å². The molecule has 0 rings (SSSR count). The molecule has 0 unspecified atom stereocenters. The largest absolute Gasteiger partial charge is 0.131 e. The third-order valence-electron chi connectivity index (χ3n) is 1.46. The van der Waals surface area contributed by atoms with Gasteiger partial charge in [-0.25, -0.2) is 0 Å². The Bertz CT molecular complexity index is 94.9. The van der Waals surface area contributed by atoms with Crippen LogP contribution in [-0.2, 0) is 0 Å². The Morgan fingerprint density at radius 3 is 2.50 bits per heavy atom. The van der Waals surface area contributed by atoms with Crippen LogP contribution < -0.4 is 0 Å². The predicted molar refractivity (Wildman–Crippen MR) is 51.4 cm³/mol. The van der Waals surface area contributed by atoms with E-state index in [9.17, 15) is 0 Å². The summed E-state index contributed by atoms with van der Waals surface area (Å²) in [5.41, 5.74) is 0. The molecule has 0 heterocycles. The van der Waals surface area contributed by atoms with Gasteiger partial charge in [-0.1, -0.05) is 26.3 Å². The smallest absolute Gasteiger partial charge is 0.00235 e. The van der Waals surface area contributed by atoms with E-state index in [1.165, 1.54) is 29.9 Å². The quantitative estimate of drug-likeness (QED) is 0.548. The first-order valence-electron chi connectivity index (χ1n) is 4.13. The molecule has 10 heavy (non-hydrogen) atoms.